The molecule has 0 saturated carbocycles. The predicted octanol–water partition coefficient (Wildman–Crippen LogP) is 2.49. The van der Waals surface area contributed by atoms with Gasteiger partial charge >= 0.3 is 0 Å². The van der Waals surface area contributed by atoms with Gasteiger partial charge in [-0.2, -0.15) is 5.26 Å². The third-order valence-corrected chi connectivity index (χ3v) is 3.14. The highest BCUT2D eigenvalue weighted by atomic mass is 14.7. The average Bonchev–Trinajstić information content (AvgIpc) is 2.69. The van der Waals surface area contributed by atoms with E-state index >= 15 is 0 Å². The van der Waals surface area contributed by atoms with Crippen molar-refractivity contribution in [3.8, 4) is 6.07 Å². The number of nitrogens with zero attached hydrogens (tertiary/aromatic N) is 1. The minimum atomic E-state index is 0.113. The van der Waals surface area contributed by atoms with Gasteiger partial charge < -0.3 is 10.7 Å². The second-order valence-corrected chi connectivity index (χ2v) is 4.27. The van der Waals surface area contributed by atoms with Crippen LogP contribution in [-0.4, -0.2) is 11.0 Å². The molecule has 3 nitrogen and oxygen atoms in total. The van der Waals surface area contributed by atoms with E-state index in [-0.39, 0.29) is 6.04 Å². The summed E-state index contributed by atoms with van der Waals surface area (Å²) in [4.78, 5) is 3.08. The summed E-state index contributed by atoms with van der Waals surface area (Å²) in [5.41, 5.74) is 8.75. The number of nitrogens with one attached hydrogen (secondary N) is 1. The van der Waals surface area contributed by atoms with Crippen molar-refractivity contribution in [1.29, 1.82) is 5.26 Å². The largest absolute Gasteiger partial charge is 0.360 e. The Balaban J connectivity index is 2.54. The molecule has 0 saturated heterocycles. The molecule has 3 heteroatoms. The van der Waals surface area contributed by atoms with Crippen LogP contribution in [0.3, 0.4) is 0 Å². The number of nitrogens with two attached hydrogens (primary N) is 1. The maximum Gasteiger partial charge on any atom is 0.101 e. The van der Waals surface area contributed by atoms with Crippen molar-refractivity contribution in [2.45, 2.75) is 25.8 Å². The van der Waals surface area contributed by atoms with Crippen molar-refractivity contribution in [2.24, 2.45) is 5.73 Å². The summed E-state index contributed by atoms with van der Waals surface area (Å²) in [5, 5.41) is 9.95. The van der Waals surface area contributed by atoms with Crippen molar-refractivity contribution >= 4 is 10.9 Å². The lowest BCUT2D eigenvalue weighted by Gasteiger charge is -2.15. The second kappa shape index (κ2) is 3.99. The number of rotatable bonds is 2. The first kappa shape index (κ1) is 10.7. The van der Waals surface area contributed by atoms with E-state index < -0.39 is 0 Å². The zero-order valence-electron chi connectivity index (χ0n) is 9.49. The number of hydrogen-bond acceptors (Lipinski definition) is 2. The lowest BCUT2D eigenvalue weighted by molar-refractivity contribution is 0.614. The molecule has 1 aromatic carbocycles. The third kappa shape index (κ3) is 1.68. The van der Waals surface area contributed by atoms with Gasteiger partial charge in [0.25, 0.3) is 0 Å². The zero-order chi connectivity index (χ0) is 11.7. The number of H-pyrrole nitrogens is 1. The van der Waals surface area contributed by atoms with Gasteiger partial charge in [0.15, 0.2) is 0 Å². The van der Waals surface area contributed by atoms with Crippen LogP contribution in [-0.2, 0) is 0 Å². The molecule has 2 atom stereocenters. The summed E-state index contributed by atoms with van der Waals surface area (Å²) in [5.74, 6) is 0.297. The molecule has 0 spiro atoms. The fourth-order valence-corrected chi connectivity index (χ4v) is 1.82. The molecule has 2 aromatic rings. The van der Waals surface area contributed by atoms with Crippen molar-refractivity contribution in [3.63, 3.8) is 0 Å². The van der Waals surface area contributed by atoms with Gasteiger partial charge in [0.05, 0.1) is 5.56 Å². The van der Waals surface area contributed by atoms with E-state index in [1.54, 1.807) is 6.20 Å². The second-order valence-electron chi connectivity index (χ2n) is 4.27. The number of aromatic nitrogens is 1. The molecule has 2 rings (SSSR count). The van der Waals surface area contributed by atoms with Gasteiger partial charge in [-0.3, -0.25) is 0 Å². The lowest BCUT2D eigenvalue weighted by atomic mass is 9.94. The molecule has 82 valence electrons. The molecular formula is C13H15N3. The molecule has 2 unspecified atom stereocenters. The van der Waals surface area contributed by atoms with Crippen LogP contribution in [0.5, 0.6) is 0 Å². The van der Waals surface area contributed by atoms with Gasteiger partial charge in [-0.15, -0.1) is 0 Å². The van der Waals surface area contributed by atoms with E-state index in [1.807, 2.05) is 13.0 Å². The van der Waals surface area contributed by atoms with Crippen molar-refractivity contribution in [2.75, 3.05) is 0 Å². The molecule has 0 fully saturated rings. The third-order valence-electron chi connectivity index (χ3n) is 3.14. The van der Waals surface area contributed by atoms with E-state index in [0.717, 1.165) is 10.9 Å². The molecular weight excluding hydrogens is 198 g/mol. The standard InChI is InChI=1S/C13H15N3/c1-8(9(2)15)10-3-4-13-12(5-10)11(6-14)7-16-13/h3-5,7-9,16H,15H2,1-2H3. The molecule has 0 bridgehead atoms. The minimum absolute atomic E-state index is 0.113. The normalized spacial score (nSPS) is 14.6. The first-order valence-corrected chi connectivity index (χ1v) is 5.40. The highest BCUT2D eigenvalue weighted by molar-refractivity contribution is 5.86. The Morgan fingerprint density at radius 3 is 2.75 bits per heavy atom. The Kier molecular flexibility index (Phi) is 2.67. The molecule has 0 aliphatic rings. The van der Waals surface area contributed by atoms with E-state index in [1.165, 1.54) is 5.56 Å². The fourth-order valence-electron chi connectivity index (χ4n) is 1.82. The first-order chi connectivity index (χ1) is 7.63. The maximum absolute atomic E-state index is 8.97. The van der Waals surface area contributed by atoms with Crippen molar-refractivity contribution < 1.29 is 0 Å². The van der Waals surface area contributed by atoms with E-state index in [9.17, 15) is 0 Å². The maximum atomic E-state index is 8.97. The van der Waals surface area contributed by atoms with E-state index in [0.29, 0.717) is 11.5 Å². The van der Waals surface area contributed by atoms with Gasteiger partial charge in [-0.1, -0.05) is 13.0 Å². The molecule has 1 heterocycles. The molecule has 16 heavy (non-hydrogen) atoms. The Hall–Kier alpha value is -1.79. The molecule has 0 amide bonds. The number of aromatic amines is 1. The van der Waals surface area contributed by atoms with Gasteiger partial charge in [-0.05, 0) is 30.5 Å². The lowest BCUT2D eigenvalue weighted by Crippen LogP contribution is -2.22. The van der Waals surface area contributed by atoms with Crippen molar-refractivity contribution in [3.05, 3.63) is 35.5 Å². The fraction of sp³-hybridized carbons (Fsp3) is 0.308. The number of hydrogen-bond donors (Lipinski definition) is 2. The predicted molar refractivity (Wildman–Crippen MR) is 65.1 cm³/mol. The van der Waals surface area contributed by atoms with Crippen LogP contribution in [0.25, 0.3) is 10.9 Å². The van der Waals surface area contributed by atoms with Crippen LogP contribution in [0.15, 0.2) is 24.4 Å². The molecule has 0 aliphatic heterocycles. The number of nitriles is 1. The van der Waals surface area contributed by atoms with Crippen LogP contribution in [0.2, 0.25) is 0 Å². The van der Waals surface area contributed by atoms with Crippen LogP contribution in [0.4, 0.5) is 0 Å². The Morgan fingerprint density at radius 1 is 1.38 bits per heavy atom. The Morgan fingerprint density at radius 2 is 2.12 bits per heavy atom. The van der Waals surface area contributed by atoms with Crippen LogP contribution in [0, 0.1) is 11.3 Å². The van der Waals surface area contributed by atoms with Gasteiger partial charge in [0.2, 0.25) is 0 Å². The van der Waals surface area contributed by atoms with Crippen molar-refractivity contribution in [1.82, 2.24) is 4.98 Å². The van der Waals surface area contributed by atoms with Crippen LogP contribution < -0.4 is 5.73 Å². The smallest absolute Gasteiger partial charge is 0.101 e. The summed E-state index contributed by atoms with van der Waals surface area (Å²) in [7, 11) is 0. The molecule has 3 N–H and O–H groups in total. The summed E-state index contributed by atoms with van der Waals surface area (Å²) in [6, 6.07) is 8.42. The Labute approximate surface area is 94.9 Å². The summed E-state index contributed by atoms with van der Waals surface area (Å²) < 4.78 is 0. The Bertz CT molecular complexity index is 546. The quantitative estimate of drug-likeness (QED) is 0.804. The van der Waals surface area contributed by atoms with Gasteiger partial charge in [-0.25, -0.2) is 0 Å². The molecule has 0 aliphatic carbocycles. The van der Waals surface area contributed by atoms with E-state index in [2.05, 4.69) is 30.1 Å². The zero-order valence-corrected chi connectivity index (χ0v) is 9.49. The summed E-state index contributed by atoms with van der Waals surface area (Å²) >= 11 is 0. The highest BCUT2D eigenvalue weighted by Crippen LogP contribution is 2.24. The van der Waals surface area contributed by atoms with Crippen LogP contribution in [0.1, 0.15) is 30.9 Å². The minimum Gasteiger partial charge on any atom is -0.360 e. The molecule has 0 radical (unpaired) electrons. The first-order valence-electron chi connectivity index (χ1n) is 5.40. The number of benzene rings is 1. The molecule has 1 aromatic heterocycles. The van der Waals surface area contributed by atoms with Gasteiger partial charge in [0, 0.05) is 23.1 Å². The highest BCUT2D eigenvalue weighted by Gasteiger charge is 2.12. The monoisotopic (exact) mass is 213 g/mol. The average molecular weight is 213 g/mol. The number of fused-ring (bicyclic) bond motifs is 1. The summed E-state index contributed by atoms with van der Waals surface area (Å²) in [6.45, 7) is 4.10. The SMILES string of the molecule is CC(N)C(C)c1ccc2[nH]cc(C#N)c2c1. The van der Waals surface area contributed by atoms with Gasteiger partial charge in [0.1, 0.15) is 6.07 Å². The van der Waals surface area contributed by atoms with E-state index in [4.69, 9.17) is 11.0 Å². The topological polar surface area (TPSA) is 65.6 Å². The van der Waals surface area contributed by atoms with Crippen LogP contribution >= 0.6 is 0 Å². The summed E-state index contributed by atoms with van der Waals surface area (Å²) in [6.07, 6.45) is 1.74.